The normalized spacial score (nSPS) is 23.9. The Morgan fingerprint density at radius 2 is 1.60 bits per heavy atom. The summed E-state index contributed by atoms with van der Waals surface area (Å²) in [5.41, 5.74) is 0. The molecule has 2 fully saturated rings. The Hall–Kier alpha value is -0.370. The molecule has 0 aromatic rings. The SMILES string of the molecule is O=C1CCC1.OC1CCC1. The summed E-state index contributed by atoms with van der Waals surface area (Å²) in [5, 5.41) is 8.45. The van der Waals surface area contributed by atoms with Crippen molar-refractivity contribution in [3.8, 4) is 0 Å². The predicted octanol–water partition coefficient (Wildman–Crippen LogP) is 1.27. The number of carbonyl (C=O) groups excluding carboxylic acids is 1. The van der Waals surface area contributed by atoms with Crippen molar-refractivity contribution in [1.82, 2.24) is 0 Å². The topological polar surface area (TPSA) is 37.3 Å². The average molecular weight is 142 g/mol. The van der Waals surface area contributed by atoms with E-state index in [1.165, 1.54) is 6.42 Å². The minimum absolute atomic E-state index is 0.0648. The molecule has 2 saturated carbocycles. The van der Waals surface area contributed by atoms with Gasteiger partial charge < -0.3 is 5.11 Å². The zero-order valence-corrected chi connectivity index (χ0v) is 6.18. The third-order valence-electron chi connectivity index (χ3n) is 1.99. The summed E-state index contributed by atoms with van der Waals surface area (Å²) in [5.74, 6) is 0.435. The van der Waals surface area contributed by atoms with Gasteiger partial charge in [0.15, 0.2) is 0 Å². The van der Waals surface area contributed by atoms with Gasteiger partial charge in [-0.25, -0.2) is 0 Å². The summed E-state index contributed by atoms with van der Waals surface area (Å²) in [4.78, 5) is 9.90. The molecular formula is C8H14O2. The van der Waals surface area contributed by atoms with Crippen LogP contribution < -0.4 is 0 Å². The second-order valence-electron chi connectivity index (χ2n) is 2.98. The number of aliphatic hydroxyl groups excluding tert-OH is 1. The Morgan fingerprint density at radius 1 is 1.20 bits per heavy atom. The molecule has 0 heterocycles. The fourth-order valence-corrected chi connectivity index (χ4v) is 0.708. The first-order valence-corrected chi connectivity index (χ1v) is 3.99. The standard InChI is InChI=1S/C4H8O.C4H6O/c2*5-4-2-1-3-4/h4-5H,1-3H2;1-3H2. The lowest BCUT2D eigenvalue weighted by atomic mass is 9.97. The lowest BCUT2D eigenvalue weighted by Crippen LogP contribution is -2.15. The van der Waals surface area contributed by atoms with E-state index in [1.807, 2.05) is 0 Å². The number of aliphatic hydroxyl groups is 1. The third-order valence-corrected chi connectivity index (χ3v) is 1.99. The van der Waals surface area contributed by atoms with Crippen molar-refractivity contribution in [3.05, 3.63) is 0 Å². The molecule has 0 saturated heterocycles. The molecule has 0 atom stereocenters. The maximum atomic E-state index is 9.90. The van der Waals surface area contributed by atoms with Gasteiger partial charge in [-0.15, -0.1) is 0 Å². The first-order chi connectivity index (χ1) is 4.79. The molecule has 0 spiro atoms. The van der Waals surface area contributed by atoms with Crippen LogP contribution in [0.5, 0.6) is 0 Å². The minimum atomic E-state index is 0.0648. The fourth-order valence-electron chi connectivity index (χ4n) is 0.708. The van der Waals surface area contributed by atoms with Gasteiger partial charge in [-0.2, -0.15) is 0 Å². The molecule has 0 aromatic heterocycles. The summed E-state index contributed by atoms with van der Waals surface area (Å²) >= 11 is 0. The predicted molar refractivity (Wildman–Crippen MR) is 38.7 cm³/mol. The molecule has 0 bridgehead atoms. The second-order valence-corrected chi connectivity index (χ2v) is 2.98. The molecule has 0 aromatic carbocycles. The smallest absolute Gasteiger partial charge is 0.132 e. The molecule has 0 unspecified atom stereocenters. The summed E-state index contributed by atoms with van der Waals surface area (Å²) in [7, 11) is 0. The number of carbonyl (C=O) groups is 1. The number of Topliss-reactive ketones (excluding diaryl/α,β-unsaturated/α-hetero) is 1. The lowest BCUT2D eigenvalue weighted by molar-refractivity contribution is -0.123. The molecule has 2 heteroatoms. The number of rotatable bonds is 0. The number of ketones is 1. The molecule has 1 N–H and O–H groups in total. The first-order valence-electron chi connectivity index (χ1n) is 3.99. The van der Waals surface area contributed by atoms with Crippen molar-refractivity contribution in [2.75, 3.05) is 0 Å². The van der Waals surface area contributed by atoms with Crippen LogP contribution in [-0.2, 0) is 4.79 Å². The molecule has 2 aliphatic carbocycles. The Balaban J connectivity index is 0.0000001000. The maximum absolute atomic E-state index is 9.90. The molecule has 0 amide bonds. The minimum Gasteiger partial charge on any atom is -0.393 e. The number of hydrogen-bond donors (Lipinski definition) is 1. The van der Waals surface area contributed by atoms with Gasteiger partial charge >= 0.3 is 0 Å². The van der Waals surface area contributed by atoms with Gasteiger partial charge in [0.1, 0.15) is 5.78 Å². The molecule has 0 radical (unpaired) electrons. The van der Waals surface area contributed by atoms with E-state index in [-0.39, 0.29) is 6.10 Å². The highest BCUT2D eigenvalue weighted by molar-refractivity contribution is 5.83. The van der Waals surface area contributed by atoms with Crippen molar-refractivity contribution >= 4 is 5.78 Å². The third kappa shape index (κ3) is 2.48. The van der Waals surface area contributed by atoms with Crippen LogP contribution in [0.15, 0.2) is 0 Å². The monoisotopic (exact) mass is 142 g/mol. The lowest BCUT2D eigenvalue weighted by Gasteiger charge is -2.17. The Labute approximate surface area is 61.2 Å². The second kappa shape index (κ2) is 3.71. The fraction of sp³-hybridized carbons (Fsp3) is 0.875. The van der Waals surface area contributed by atoms with Crippen LogP contribution in [0.2, 0.25) is 0 Å². The molecular weight excluding hydrogens is 128 g/mol. The van der Waals surface area contributed by atoms with E-state index in [0.29, 0.717) is 5.78 Å². The highest BCUT2D eigenvalue weighted by atomic mass is 16.3. The van der Waals surface area contributed by atoms with Gasteiger partial charge in [0.05, 0.1) is 6.10 Å². The molecule has 0 aliphatic heterocycles. The summed E-state index contributed by atoms with van der Waals surface area (Å²) in [6.45, 7) is 0. The van der Waals surface area contributed by atoms with Crippen molar-refractivity contribution < 1.29 is 9.90 Å². The van der Waals surface area contributed by atoms with Crippen LogP contribution in [-0.4, -0.2) is 17.0 Å². The van der Waals surface area contributed by atoms with Gasteiger partial charge in [0.2, 0.25) is 0 Å². The van der Waals surface area contributed by atoms with Crippen LogP contribution in [0.25, 0.3) is 0 Å². The van der Waals surface area contributed by atoms with E-state index in [4.69, 9.17) is 5.11 Å². The highest BCUT2D eigenvalue weighted by Gasteiger charge is 2.11. The Kier molecular flexibility index (Phi) is 2.87. The summed E-state index contributed by atoms with van der Waals surface area (Å²) < 4.78 is 0. The molecule has 58 valence electrons. The first kappa shape index (κ1) is 7.73. The quantitative estimate of drug-likeness (QED) is 0.553. The van der Waals surface area contributed by atoms with Crippen molar-refractivity contribution in [1.29, 1.82) is 0 Å². The zero-order valence-electron chi connectivity index (χ0n) is 6.18. The van der Waals surface area contributed by atoms with Crippen LogP contribution in [0.3, 0.4) is 0 Å². The summed E-state index contributed by atoms with van der Waals surface area (Å²) in [6, 6.07) is 0. The van der Waals surface area contributed by atoms with Gasteiger partial charge in [-0.1, -0.05) is 0 Å². The Morgan fingerprint density at radius 3 is 1.60 bits per heavy atom. The van der Waals surface area contributed by atoms with E-state index in [0.717, 1.165) is 32.1 Å². The van der Waals surface area contributed by atoms with Crippen molar-refractivity contribution in [2.24, 2.45) is 0 Å². The van der Waals surface area contributed by atoms with E-state index < -0.39 is 0 Å². The Bertz CT molecular complexity index is 110. The molecule has 2 nitrogen and oxygen atoms in total. The molecule has 10 heavy (non-hydrogen) atoms. The highest BCUT2D eigenvalue weighted by Crippen LogP contribution is 2.16. The summed E-state index contributed by atoms with van der Waals surface area (Å²) in [6.07, 6.45) is 6.22. The van der Waals surface area contributed by atoms with Gasteiger partial charge in [-0.05, 0) is 25.7 Å². The largest absolute Gasteiger partial charge is 0.393 e. The van der Waals surface area contributed by atoms with Gasteiger partial charge in [0.25, 0.3) is 0 Å². The van der Waals surface area contributed by atoms with E-state index in [2.05, 4.69) is 0 Å². The van der Waals surface area contributed by atoms with E-state index >= 15 is 0 Å². The van der Waals surface area contributed by atoms with Crippen LogP contribution >= 0.6 is 0 Å². The van der Waals surface area contributed by atoms with E-state index in [1.54, 1.807) is 0 Å². The van der Waals surface area contributed by atoms with Crippen LogP contribution in [0.1, 0.15) is 38.5 Å². The maximum Gasteiger partial charge on any atom is 0.132 e. The van der Waals surface area contributed by atoms with Gasteiger partial charge in [-0.3, -0.25) is 4.79 Å². The van der Waals surface area contributed by atoms with Crippen molar-refractivity contribution in [2.45, 2.75) is 44.6 Å². The van der Waals surface area contributed by atoms with Crippen LogP contribution in [0.4, 0.5) is 0 Å². The number of hydrogen-bond acceptors (Lipinski definition) is 2. The van der Waals surface area contributed by atoms with Crippen LogP contribution in [0, 0.1) is 0 Å². The molecule has 2 rings (SSSR count). The molecule has 2 aliphatic rings. The van der Waals surface area contributed by atoms with Gasteiger partial charge in [0, 0.05) is 12.8 Å². The van der Waals surface area contributed by atoms with E-state index in [9.17, 15) is 4.79 Å². The average Bonchev–Trinajstić information content (AvgIpc) is 1.80. The van der Waals surface area contributed by atoms with Crippen molar-refractivity contribution in [3.63, 3.8) is 0 Å². The zero-order chi connectivity index (χ0) is 7.40.